The van der Waals surface area contributed by atoms with E-state index in [1.165, 1.54) is 0 Å². The first-order valence-corrected chi connectivity index (χ1v) is 6.33. The van der Waals surface area contributed by atoms with E-state index in [4.69, 9.17) is 0 Å². The van der Waals surface area contributed by atoms with Crippen molar-refractivity contribution in [2.24, 2.45) is 0 Å². The van der Waals surface area contributed by atoms with Gasteiger partial charge in [-0.2, -0.15) is 0 Å². The summed E-state index contributed by atoms with van der Waals surface area (Å²) in [6.45, 7) is 0. The van der Waals surface area contributed by atoms with Crippen LogP contribution in [0.25, 0.3) is 11.3 Å². The van der Waals surface area contributed by atoms with Crippen molar-refractivity contribution in [2.75, 3.05) is 1.33 Å². The number of rotatable bonds is 2. The Morgan fingerprint density at radius 1 is 0.933 bits per heavy atom. The lowest BCUT2D eigenvalue weighted by Crippen LogP contribution is -1.91. The molecule has 0 bridgehead atoms. The molecule has 0 atom stereocenters. The van der Waals surface area contributed by atoms with Crippen LogP contribution in [0.5, 0.6) is 0 Å². The summed E-state index contributed by atoms with van der Waals surface area (Å²) in [5.74, 6) is 0. The van der Waals surface area contributed by atoms with Crippen LogP contribution in [-0.4, -0.2) is 4.98 Å². The van der Waals surface area contributed by atoms with Crippen LogP contribution in [0.3, 0.4) is 0 Å². The first kappa shape index (κ1) is 11.1. The number of hydrogen-bond donors (Lipinski definition) is 0. The first-order chi connectivity index (χ1) is 7.27. The Kier molecular flexibility index (Phi) is 3.79. The minimum atomic E-state index is 1.01. The van der Waals surface area contributed by atoms with E-state index in [1.807, 2.05) is 31.8 Å². The lowest BCUT2D eigenvalue weighted by Gasteiger charge is -2.07. The quantitative estimate of drug-likeness (QED) is 0.532. The molecule has 0 saturated heterocycles. The smallest absolute Gasteiger partial charge is 0.0747 e. The molecular formula is C11H8I2N2. The number of hydrogen-bond acceptors (Lipinski definition) is 2. The van der Waals surface area contributed by atoms with Gasteiger partial charge >= 0.3 is 0 Å². The summed E-state index contributed by atoms with van der Waals surface area (Å²) in [4.78, 5) is 4.42. The highest BCUT2D eigenvalue weighted by Crippen LogP contribution is 2.24. The van der Waals surface area contributed by atoms with Gasteiger partial charge in [0.05, 0.1) is 63.3 Å². The molecule has 0 spiro atoms. The van der Waals surface area contributed by atoms with E-state index in [0.29, 0.717) is 0 Å². The average Bonchev–Trinajstić information content (AvgIpc) is 2.30. The van der Waals surface area contributed by atoms with Crippen LogP contribution >= 0.6 is 45.7 Å². The molecule has 0 aliphatic rings. The van der Waals surface area contributed by atoms with Crippen LogP contribution in [0.2, 0.25) is 0 Å². The molecule has 0 aliphatic heterocycles. The maximum absolute atomic E-state index is 4.42. The Hall–Kier alpha value is -0.370. The topological polar surface area (TPSA) is 16.1 Å². The highest BCUT2D eigenvalue weighted by atomic mass is 127. The molecule has 1 heterocycles. The highest BCUT2D eigenvalue weighted by molar-refractivity contribution is 14.2. The standard InChI is InChI=1S/C11H8I2N2/c12-15(13)10-6-7-11(14-8-10)9-4-2-1-3-5-9/h1-8H. The SMILES string of the molecule is IN(I)c1ccc(-c2ccccc2)nc1. The maximum atomic E-state index is 4.42. The summed E-state index contributed by atoms with van der Waals surface area (Å²) in [6, 6.07) is 14.3. The largest absolute Gasteiger partial charge is 0.254 e. The van der Waals surface area contributed by atoms with Crippen LogP contribution in [-0.2, 0) is 0 Å². The van der Waals surface area contributed by atoms with Gasteiger partial charge in [-0.15, -0.1) is 0 Å². The monoisotopic (exact) mass is 422 g/mol. The number of benzene rings is 1. The summed E-state index contributed by atoms with van der Waals surface area (Å²) in [6.07, 6.45) is 1.88. The molecule has 0 fully saturated rings. The van der Waals surface area contributed by atoms with Gasteiger partial charge in [0.15, 0.2) is 0 Å². The number of pyridine rings is 1. The van der Waals surface area contributed by atoms with Crippen molar-refractivity contribution in [3.63, 3.8) is 0 Å². The fourth-order valence-corrected chi connectivity index (χ4v) is 1.84. The third kappa shape index (κ3) is 2.81. The first-order valence-electron chi connectivity index (χ1n) is 4.40. The van der Waals surface area contributed by atoms with Gasteiger partial charge in [0.25, 0.3) is 0 Å². The molecule has 2 nitrogen and oxygen atoms in total. The zero-order valence-electron chi connectivity index (χ0n) is 7.77. The van der Waals surface area contributed by atoms with Crippen LogP contribution in [0, 0.1) is 0 Å². The molecule has 0 radical (unpaired) electrons. The minimum Gasteiger partial charge on any atom is -0.254 e. The Labute approximate surface area is 117 Å². The molecule has 0 amide bonds. The minimum absolute atomic E-state index is 1.01. The molecule has 0 N–H and O–H groups in total. The third-order valence-corrected chi connectivity index (χ3v) is 3.13. The molecule has 76 valence electrons. The Morgan fingerprint density at radius 2 is 1.67 bits per heavy atom. The second-order valence-electron chi connectivity index (χ2n) is 3.00. The molecule has 4 heteroatoms. The molecule has 0 unspecified atom stereocenters. The van der Waals surface area contributed by atoms with Crippen molar-refractivity contribution in [3.8, 4) is 11.3 Å². The fourth-order valence-electron chi connectivity index (χ4n) is 1.27. The summed E-state index contributed by atoms with van der Waals surface area (Å²) in [7, 11) is 0. The predicted octanol–water partition coefficient (Wildman–Crippen LogP) is 4.26. The lowest BCUT2D eigenvalue weighted by molar-refractivity contribution is 1.32. The molecule has 2 aromatic rings. The van der Waals surface area contributed by atoms with Crippen LogP contribution in [0.1, 0.15) is 0 Å². The third-order valence-electron chi connectivity index (χ3n) is 2.01. The van der Waals surface area contributed by atoms with Gasteiger partial charge in [-0.1, -0.05) is 30.3 Å². The number of halogens is 2. The second kappa shape index (κ2) is 5.11. The van der Waals surface area contributed by atoms with Crippen molar-refractivity contribution in [2.45, 2.75) is 0 Å². The molecule has 0 aliphatic carbocycles. The fraction of sp³-hybridized carbons (Fsp3) is 0. The molecule has 1 aromatic carbocycles. The van der Waals surface area contributed by atoms with Crippen molar-refractivity contribution in [1.29, 1.82) is 0 Å². The van der Waals surface area contributed by atoms with Gasteiger partial charge in [-0.25, -0.2) is 0 Å². The average molecular weight is 422 g/mol. The summed E-state index contributed by atoms with van der Waals surface area (Å²) in [5, 5.41) is 0. The van der Waals surface area contributed by atoms with Gasteiger partial charge in [0, 0.05) is 5.56 Å². The van der Waals surface area contributed by atoms with Crippen LogP contribution in [0.15, 0.2) is 48.7 Å². The zero-order valence-corrected chi connectivity index (χ0v) is 12.1. The highest BCUT2D eigenvalue weighted by Gasteiger charge is 2.00. The predicted molar refractivity (Wildman–Crippen MR) is 80.2 cm³/mol. The normalized spacial score (nSPS) is 10.0. The van der Waals surface area contributed by atoms with Crippen molar-refractivity contribution in [3.05, 3.63) is 48.7 Å². The summed E-state index contributed by atoms with van der Waals surface area (Å²) >= 11 is 4.43. The van der Waals surface area contributed by atoms with Gasteiger partial charge in [0.2, 0.25) is 0 Å². The van der Waals surface area contributed by atoms with Gasteiger partial charge in [-0.05, 0) is 12.1 Å². The molecule has 15 heavy (non-hydrogen) atoms. The molecule has 1 aromatic heterocycles. The number of nitrogens with zero attached hydrogens (tertiary/aromatic N) is 2. The Bertz CT molecular complexity index is 426. The summed E-state index contributed by atoms with van der Waals surface area (Å²) in [5.41, 5.74) is 3.25. The maximum Gasteiger partial charge on any atom is 0.0747 e. The molecule has 2 rings (SSSR count). The van der Waals surface area contributed by atoms with Gasteiger partial charge in [-0.3, -0.25) is 6.31 Å². The van der Waals surface area contributed by atoms with Crippen molar-refractivity contribution in [1.82, 2.24) is 4.98 Å². The van der Waals surface area contributed by atoms with E-state index in [9.17, 15) is 0 Å². The van der Waals surface area contributed by atoms with E-state index in [2.05, 4.69) is 68.9 Å². The zero-order chi connectivity index (χ0) is 10.7. The van der Waals surface area contributed by atoms with E-state index in [0.717, 1.165) is 16.9 Å². The Morgan fingerprint density at radius 3 is 2.20 bits per heavy atom. The van der Waals surface area contributed by atoms with E-state index < -0.39 is 0 Å². The van der Waals surface area contributed by atoms with E-state index in [1.54, 1.807) is 0 Å². The lowest BCUT2D eigenvalue weighted by atomic mass is 10.1. The van der Waals surface area contributed by atoms with E-state index >= 15 is 0 Å². The van der Waals surface area contributed by atoms with Gasteiger partial charge < -0.3 is 0 Å². The Balaban J connectivity index is 2.32. The van der Waals surface area contributed by atoms with Gasteiger partial charge in [0.1, 0.15) is 0 Å². The van der Waals surface area contributed by atoms with E-state index in [-0.39, 0.29) is 0 Å². The molecule has 0 saturated carbocycles. The van der Waals surface area contributed by atoms with Crippen molar-refractivity contribution >= 4 is 51.4 Å². The van der Waals surface area contributed by atoms with Crippen molar-refractivity contribution < 1.29 is 0 Å². The number of anilines is 1. The summed E-state index contributed by atoms with van der Waals surface area (Å²) < 4.78 is 1.98. The molecular weight excluding hydrogens is 414 g/mol. The number of aromatic nitrogens is 1. The van der Waals surface area contributed by atoms with Crippen LogP contribution < -0.4 is 1.33 Å². The second-order valence-corrected chi connectivity index (χ2v) is 6.78. The van der Waals surface area contributed by atoms with Crippen LogP contribution in [0.4, 0.5) is 5.69 Å².